The number of hydrogen-bond donors (Lipinski definition) is 0. The van der Waals surface area contributed by atoms with E-state index in [-0.39, 0.29) is 6.16 Å². The van der Waals surface area contributed by atoms with Crippen molar-refractivity contribution < 1.29 is 9.09 Å². The summed E-state index contributed by atoms with van der Waals surface area (Å²) in [5.41, 5.74) is 0. The first kappa shape index (κ1) is 10.7. The van der Waals surface area contributed by atoms with Crippen molar-refractivity contribution in [2.45, 2.75) is 20.3 Å². The fourth-order valence-electron chi connectivity index (χ4n) is 0.873. The molecule has 0 bridgehead atoms. The van der Waals surface area contributed by atoms with Crippen LogP contribution in [0.25, 0.3) is 0 Å². The Hall–Kier alpha value is -0.320. The van der Waals surface area contributed by atoms with Gasteiger partial charge in [0.05, 0.1) is 12.7 Å². The molecule has 1 atom stereocenters. The highest BCUT2D eigenvalue weighted by atomic mass is 31.2. The maximum Gasteiger partial charge on any atom is 0.216 e. The summed E-state index contributed by atoms with van der Waals surface area (Å²) in [6.07, 6.45) is 1.38. The molecule has 0 aliphatic heterocycles. The first-order chi connectivity index (χ1) is 5.18. The van der Waals surface area contributed by atoms with Gasteiger partial charge in [0.15, 0.2) is 0 Å². The predicted octanol–water partition coefficient (Wildman–Crippen LogP) is 2.23. The maximum atomic E-state index is 11.6. The number of rotatable bonds is 5. The third-order valence-corrected chi connectivity index (χ3v) is 3.72. The van der Waals surface area contributed by atoms with Gasteiger partial charge >= 0.3 is 0 Å². The van der Waals surface area contributed by atoms with Crippen molar-refractivity contribution >= 4 is 7.37 Å². The maximum absolute atomic E-state index is 11.6. The van der Waals surface area contributed by atoms with Crippen molar-refractivity contribution in [3.8, 4) is 6.07 Å². The standard InChI is InChI=1S/C7H14NO2P/c1-3-6-11(9,7-5-8)10-4-2/h3-4,6-7H2,1-2H3. The Morgan fingerprint density at radius 3 is 2.55 bits per heavy atom. The molecule has 0 aliphatic rings. The molecule has 64 valence electrons. The van der Waals surface area contributed by atoms with Crippen molar-refractivity contribution in [3.05, 3.63) is 0 Å². The third-order valence-electron chi connectivity index (χ3n) is 1.24. The first-order valence-electron chi connectivity index (χ1n) is 3.78. The van der Waals surface area contributed by atoms with Crippen molar-refractivity contribution in [1.82, 2.24) is 0 Å². The third kappa shape index (κ3) is 4.19. The van der Waals surface area contributed by atoms with Crippen LogP contribution in [0.2, 0.25) is 0 Å². The molecule has 0 aromatic heterocycles. The molecule has 0 amide bonds. The monoisotopic (exact) mass is 175 g/mol. The van der Waals surface area contributed by atoms with E-state index >= 15 is 0 Å². The zero-order chi connectivity index (χ0) is 8.74. The predicted molar refractivity (Wildman–Crippen MR) is 44.9 cm³/mol. The molecule has 1 unspecified atom stereocenters. The van der Waals surface area contributed by atoms with Crippen LogP contribution in [-0.2, 0) is 9.09 Å². The molecule has 4 heteroatoms. The molecule has 0 spiro atoms. The Kier molecular flexibility index (Phi) is 5.19. The van der Waals surface area contributed by atoms with Gasteiger partial charge in [-0.2, -0.15) is 5.26 Å². The van der Waals surface area contributed by atoms with E-state index in [1.807, 2.05) is 13.0 Å². The van der Waals surface area contributed by atoms with Gasteiger partial charge in [0.2, 0.25) is 7.37 Å². The van der Waals surface area contributed by atoms with Crippen LogP contribution in [0.3, 0.4) is 0 Å². The average molecular weight is 175 g/mol. The van der Waals surface area contributed by atoms with Gasteiger partial charge < -0.3 is 4.52 Å². The number of hydrogen-bond acceptors (Lipinski definition) is 3. The van der Waals surface area contributed by atoms with Gasteiger partial charge in [0, 0.05) is 6.16 Å². The molecule has 0 aliphatic carbocycles. The van der Waals surface area contributed by atoms with Crippen LogP contribution in [0.1, 0.15) is 20.3 Å². The molecule has 0 rings (SSSR count). The summed E-state index contributed by atoms with van der Waals surface area (Å²) >= 11 is 0. The SMILES string of the molecule is CCCP(=O)(CC#N)OCC. The quantitative estimate of drug-likeness (QED) is 0.602. The Balaban J connectivity index is 4.04. The number of nitriles is 1. The van der Waals surface area contributed by atoms with E-state index in [1.165, 1.54) is 0 Å². The van der Waals surface area contributed by atoms with Crippen molar-refractivity contribution in [2.75, 3.05) is 18.9 Å². The van der Waals surface area contributed by atoms with E-state index in [0.717, 1.165) is 6.42 Å². The lowest BCUT2D eigenvalue weighted by Crippen LogP contribution is -1.97. The summed E-state index contributed by atoms with van der Waals surface area (Å²) in [5, 5.41) is 8.35. The van der Waals surface area contributed by atoms with Crippen LogP contribution in [-0.4, -0.2) is 18.9 Å². The number of nitrogens with zero attached hydrogens (tertiary/aromatic N) is 1. The van der Waals surface area contributed by atoms with Crippen molar-refractivity contribution in [1.29, 1.82) is 5.26 Å². The highest BCUT2D eigenvalue weighted by Crippen LogP contribution is 2.46. The van der Waals surface area contributed by atoms with E-state index in [0.29, 0.717) is 12.8 Å². The molecular weight excluding hydrogens is 161 g/mol. The van der Waals surface area contributed by atoms with Crippen LogP contribution in [0, 0.1) is 11.3 Å². The molecule has 0 fully saturated rings. The largest absolute Gasteiger partial charge is 0.328 e. The van der Waals surface area contributed by atoms with Crippen molar-refractivity contribution in [3.63, 3.8) is 0 Å². The fourth-order valence-corrected chi connectivity index (χ4v) is 2.62. The fraction of sp³-hybridized carbons (Fsp3) is 0.857. The van der Waals surface area contributed by atoms with Gasteiger partial charge in [0.1, 0.15) is 6.16 Å². The van der Waals surface area contributed by atoms with Gasteiger partial charge in [-0.3, -0.25) is 4.57 Å². The highest BCUT2D eigenvalue weighted by Gasteiger charge is 2.20. The molecule has 0 saturated heterocycles. The van der Waals surface area contributed by atoms with Crippen LogP contribution < -0.4 is 0 Å². The second-order valence-corrected chi connectivity index (χ2v) is 4.92. The summed E-state index contributed by atoms with van der Waals surface area (Å²) < 4.78 is 16.6. The van der Waals surface area contributed by atoms with Crippen LogP contribution in [0.5, 0.6) is 0 Å². The highest BCUT2D eigenvalue weighted by molar-refractivity contribution is 7.59. The van der Waals surface area contributed by atoms with E-state index in [2.05, 4.69) is 0 Å². The lowest BCUT2D eigenvalue weighted by molar-refractivity contribution is 0.335. The molecule has 3 nitrogen and oxygen atoms in total. The van der Waals surface area contributed by atoms with E-state index < -0.39 is 7.37 Å². The molecule has 0 heterocycles. The van der Waals surface area contributed by atoms with Gasteiger partial charge in [0.25, 0.3) is 0 Å². The second kappa shape index (κ2) is 5.35. The molecule has 0 radical (unpaired) electrons. The minimum absolute atomic E-state index is 0.0503. The average Bonchev–Trinajstić information content (AvgIpc) is 1.88. The smallest absolute Gasteiger partial charge is 0.216 e. The summed E-state index contributed by atoms with van der Waals surface area (Å²) in [7, 11) is -2.58. The zero-order valence-corrected chi connectivity index (χ0v) is 7.93. The summed E-state index contributed by atoms with van der Waals surface area (Å²) in [5.74, 6) is 0. The summed E-state index contributed by atoms with van der Waals surface area (Å²) in [6, 6.07) is 1.89. The lowest BCUT2D eigenvalue weighted by Gasteiger charge is -2.12. The Morgan fingerprint density at radius 1 is 1.55 bits per heavy atom. The second-order valence-electron chi connectivity index (χ2n) is 2.27. The van der Waals surface area contributed by atoms with Gasteiger partial charge in [-0.1, -0.05) is 6.92 Å². The van der Waals surface area contributed by atoms with Crippen LogP contribution in [0.4, 0.5) is 0 Å². The Labute approximate surface area is 67.8 Å². The van der Waals surface area contributed by atoms with E-state index in [1.54, 1.807) is 6.92 Å². The molecule has 0 N–H and O–H groups in total. The molecule has 0 aromatic rings. The Morgan fingerprint density at radius 2 is 2.18 bits per heavy atom. The zero-order valence-electron chi connectivity index (χ0n) is 7.04. The minimum Gasteiger partial charge on any atom is -0.328 e. The van der Waals surface area contributed by atoms with Crippen LogP contribution >= 0.6 is 7.37 Å². The van der Waals surface area contributed by atoms with Gasteiger partial charge in [-0.05, 0) is 13.3 Å². The first-order valence-corrected chi connectivity index (χ1v) is 5.77. The molecule has 0 saturated carbocycles. The Bertz CT molecular complexity index is 175. The normalized spacial score (nSPS) is 15.4. The van der Waals surface area contributed by atoms with E-state index in [4.69, 9.17) is 9.79 Å². The lowest BCUT2D eigenvalue weighted by atomic mass is 10.6. The molecule has 11 heavy (non-hydrogen) atoms. The molecular formula is C7H14NO2P. The topological polar surface area (TPSA) is 50.1 Å². The minimum atomic E-state index is -2.58. The molecule has 0 aromatic carbocycles. The van der Waals surface area contributed by atoms with E-state index in [9.17, 15) is 4.57 Å². The summed E-state index contributed by atoms with van der Waals surface area (Å²) in [4.78, 5) is 0. The summed E-state index contributed by atoms with van der Waals surface area (Å²) in [6.45, 7) is 4.15. The van der Waals surface area contributed by atoms with Gasteiger partial charge in [-0.25, -0.2) is 0 Å². The van der Waals surface area contributed by atoms with Gasteiger partial charge in [-0.15, -0.1) is 0 Å². The van der Waals surface area contributed by atoms with Crippen LogP contribution in [0.15, 0.2) is 0 Å². The van der Waals surface area contributed by atoms with Crippen molar-refractivity contribution in [2.24, 2.45) is 0 Å².